The van der Waals surface area contributed by atoms with Gasteiger partial charge in [0.2, 0.25) is 0 Å². The summed E-state index contributed by atoms with van der Waals surface area (Å²) in [6, 6.07) is 6.05. The number of benzene rings is 2. The van der Waals surface area contributed by atoms with Gasteiger partial charge in [0.1, 0.15) is 0 Å². The quantitative estimate of drug-likeness (QED) is 0.511. The van der Waals surface area contributed by atoms with Crippen molar-refractivity contribution >= 4 is 38.9 Å². The summed E-state index contributed by atoms with van der Waals surface area (Å²) in [7, 11) is -3.61. The zero-order valence-corrected chi connectivity index (χ0v) is 21.8. The van der Waals surface area contributed by atoms with E-state index in [9.17, 15) is 26.4 Å². The largest absolute Gasteiger partial charge is 0.416 e. The van der Waals surface area contributed by atoms with Gasteiger partial charge in [0.05, 0.1) is 16.2 Å². The van der Waals surface area contributed by atoms with E-state index in [0.717, 1.165) is 18.9 Å². The van der Waals surface area contributed by atoms with Crippen LogP contribution in [0.15, 0.2) is 35.2 Å². The second kappa shape index (κ2) is 9.79. The molecule has 4 rings (SSSR count). The fraction of sp³-hybridized carbons (Fsp3) is 0.458. The molecule has 3 N–H and O–H groups in total. The van der Waals surface area contributed by atoms with Gasteiger partial charge in [-0.2, -0.15) is 13.2 Å². The number of nitrogens with zero attached hydrogens (tertiary/aromatic N) is 1. The molecule has 1 saturated carbocycles. The monoisotopic (exact) mass is 563 g/mol. The number of sulfone groups is 1. The van der Waals surface area contributed by atoms with Crippen LogP contribution in [0.25, 0.3) is 0 Å². The molecule has 1 aliphatic carbocycles. The first-order valence-corrected chi connectivity index (χ1v) is 13.8. The van der Waals surface area contributed by atoms with E-state index in [0.29, 0.717) is 13.1 Å². The Hall–Kier alpha value is -1.85. The van der Waals surface area contributed by atoms with Gasteiger partial charge in [-0.3, -0.25) is 9.69 Å². The van der Waals surface area contributed by atoms with Crippen molar-refractivity contribution in [1.82, 2.24) is 10.2 Å². The lowest BCUT2D eigenvalue weighted by Gasteiger charge is -2.21. The maximum Gasteiger partial charge on any atom is 0.416 e. The van der Waals surface area contributed by atoms with Gasteiger partial charge < -0.3 is 11.1 Å². The molecule has 12 heteroatoms. The molecule has 6 nitrogen and oxygen atoms in total. The van der Waals surface area contributed by atoms with Crippen LogP contribution in [-0.4, -0.2) is 44.1 Å². The van der Waals surface area contributed by atoms with E-state index in [2.05, 4.69) is 5.32 Å². The highest BCUT2D eigenvalue weighted by atomic mass is 35.5. The average molecular weight is 564 g/mol. The number of nitrogens with two attached hydrogens (primary N) is 1. The number of hydrogen-bond acceptors (Lipinski definition) is 5. The van der Waals surface area contributed by atoms with E-state index in [1.807, 2.05) is 4.90 Å². The Kier molecular flexibility index (Phi) is 7.40. The third kappa shape index (κ3) is 5.52. The van der Waals surface area contributed by atoms with Crippen LogP contribution in [0.3, 0.4) is 0 Å². The molecule has 2 aromatic rings. The smallest absolute Gasteiger partial charge is 0.348 e. The lowest BCUT2D eigenvalue weighted by Crippen LogP contribution is -2.30. The maximum absolute atomic E-state index is 14.0. The van der Waals surface area contributed by atoms with Gasteiger partial charge in [-0.25, -0.2) is 8.42 Å². The molecule has 1 spiro atoms. The van der Waals surface area contributed by atoms with Crippen LogP contribution >= 0.6 is 23.2 Å². The minimum atomic E-state index is -4.73. The van der Waals surface area contributed by atoms with E-state index in [4.69, 9.17) is 28.9 Å². The predicted molar refractivity (Wildman–Crippen MR) is 132 cm³/mol. The molecule has 1 saturated heterocycles. The van der Waals surface area contributed by atoms with Crippen LogP contribution in [0.2, 0.25) is 10.0 Å². The van der Waals surface area contributed by atoms with Crippen LogP contribution < -0.4 is 11.1 Å². The molecule has 2 fully saturated rings. The average Bonchev–Trinajstić information content (AvgIpc) is 3.51. The molecule has 0 bridgehead atoms. The van der Waals surface area contributed by atoms with Gasteiger partial charge >= 0.3 is 6.18 Å². The highest BCUT2D eigenvalue weighted by Gasteiger charge is 2.53. The number of halogens is 5. The number of carbonyl (C=O) groups excluding carboxylic acids is 1. The first-order chi connectivity index (χ1) is 16.8. The third-order valence-corrected chi connectivity index (χ3v) is 9.39. The lowest BCUT2D eigenvalue weighted by atomic mass is 10.0. The summed E-state index contributed by atoms with van der Waals surface area (Å²) >= 11 is 12.3. The van der Waals surface area contributed by atoms with Crippen LogP contribution in [-0.2, 0) is 29.1 Å². The maximum atomic E-state index is 14.0. The van der Waals surface area contributed by atoms with Crippen LogP contribution in [0, 0.1) is 5.41 Å². The van der Waals surface area contributed by atoms with Gasteiger partial charge in [0, 0.05) is 47.8 Å². The van der Waals surface area contributed by atoms with E-state index >= 15 is 0 Å². The summed E-state index contributed by atoms with van der Waals surface area (Å²) in [5.74, 6) is -0.987. The Bertz CT molecular complexity index is 1300. The van der Waals surface area contributed by atoms with Gasteiger partial charge in [0.25, 0.3) is 5.91 Å². The molecule has 36 heavy (non-hydrogen) atoms. The summed E-state index contributed by atoms with van der Waals surface area (Å²) in [6.07, 6.45) is -2.79. The number of likely N-dealkylation sites (tertiary alicyclic amines) is 1. The Morgan fingerprint density at radius 3 is 2.50 bits per heavy atom. The fourth-order valence-corrected chi connectivity index (χ4v) is 6.33. The van der Waals surface area contributed by atoms with E-state index < -0.39 is 27.5 Å². The van der Waals surface area contributed by atoms with Crippen molar-refractivity contribution in [2.45, 2.75) is 50.0 Å². The van der Waals surface area contributed by atoms with Crippen molar-refractivity contribution in [2.75, 3.05) is 18.8 Å². The zero-order valence-electron chi connectivity index (χ0n) is 19.5. The Morgan fingerprint density at radius 1 is 1.22 bits per heavy atom. The number of alkyl halides is 3. The minimum absolute atomic E-state index is 0.00341. The summed E-state index contributed by atoms with van der Waals surface area (Å²) in [4.78, 5) is 14.7. The molecule has 1 amide bonds. The SMILES string of the molecule is CCS(=O)(=O)c1ccc(Cl)cc1CNC(=O)c1cc(Cl)c(CN2C[C@@H](N)C3(CC3)C2)c(C(F)(F)F)c1. The molecule has 1 atom stereocenters. The predicted octanol–water partition coefficient (Wildman–Crippen LogP) is 4.66. The topological polar surface area (TPSA) is 92.5 Å². The normalized spacial score (nSPS) is 19.6. The molecular weight excluding hydrogens is 538 g/mol. The van der Waals surface area contributed by atoms with Crippen molar-refractivity contribution in [2.24, 2.45) is 11.1 Å². The summed E-state index contributed by atoms with van der Waals surface area (Å²) in [5.41, 5.74) is 5.05. The second-order valence-corrected chi connectivity index (χ2v) is 12.5. The lowest BCUT2D eigenvalue weighted by molar-refractivity contribution is -0.138. The second-order valence-electron chi connectivity index (χ2n) is 9.46. The Labute approximate surface area is 217 Å². The van der Waals surface area contributed by atoms with Crippen molar-refractivity contribution in [3.8, 4) is 0 Å². The van der Waals surface area contributed by atoms with Crippen molar-refractivity contribution in [3.05, 3.63) is 62.6 Å². The fourth-order valence-electron chi connectivity index (χ4n) is 4.74. The van der Waals surface area contributed by atoms with Crippen LogP contribution in [0.1, 0.15) is 46.8 Å². The first kappa shape index (κ1) is 27.2. The molecule has 2 aromatic carbocycles. The standard InChI is InChI=1S/C24H26Cl2F3N3O3S/c1-2-36(34,35)20-4-3-16(25)7-15(20)10-31-22(33)14-8-18(24(27,28)29)17(19(26)9-14)11-32-12-21(30)23(13-32)5-6-23/h3-4,7-9,21H,2,5-6,10-13,30H2,1H3,(H,31,33)/t21-/m1/s1. The summed E-state index contributed by atoms with van der Waals surface area (Å²) in [6.45, 7) is 2.31. The number of nitrogens with one attached hydrogen (secondary N) is 1. The highest BCUT2D eigenvalue weighted by molar-refractivity contribution is 7.91. The number of rotatable bonds is 7. The van der Waals surface area contributed by atoms with Gasteiger partial charge in [0.15, 0.2) is 9.84 Å². The molecule has 196 valence electrons. The number of carbonyl (C=O) groups is 1. The van der Waals surface area contributed by atoms with E-state index in [1.165, 1.54) is 31.2 Å². The summed E-state index contributed by atoms with van der Waals surface area (Å²) < 4.78 is 66.7. The number of amides is 1. The van der Waals surface area contributed by atoms with Gasteiger partial charge in [-0.15, -0.1) is 0 Å². The molecule has 0 unspecified atom stereocenters. The highest BCUT2D eigenvalue weighted by Crippen LogP contribution is 2.52. The third-order valence-electron chi connectivity index (χ3n) is 6.99. The van der Waals surface area contributed by atoms with E-state index in [1.54, 1.807) is 0 Å². The van der Waals surface area contributed by atoms with Gasteiger partial charge in [-0.05, 0) is 59.7 Å². The van der Waals surface area contributed by atoms with Crippen molar-refractivity contribution in [3.63, 3.8) is 0 Å². The van der Waals surface area contributed by atoms with Crippen molar-refractivity contribution in [1.29, 1.82) is 0 Å². The van der Waals surface area contributed by atoms with Crippen LogP contribution in [0.4, 0.5) is 13.2 Å². The number of hydrogen-bond donors (Lipinski definition) is 2. The molecular formula is C24H26Cl2F3N3O3S. The molecule has 2 aliphatic rings. The minimum Gasteiger partial charge on any atom is -0.348 e. The van der Waals surface area contributed by atoms with Crippen LogP contribution in [0.5, 0.6) is 0 Å². The Balaban J connectivity index is 1.57. The zero-order chi connectivity index (χ0) is 26.5. The molecule has 0 radical (unpaired) electrons. The molecule has 1 aliphatic heterocycles. The molecule has 1 heterocycles. The van der Waals surface area contributed by atoms with E-state index in [-0.39, 0.29) is 61.9 Å². The first-order valence-electron chi connectivity index (χ1n) is 11.4. The van der Waals surface area contributed by atoms with Gasteiger partial charge in [-0.1, -0.05) is 30.1 Å². The summed E-state index contributed by atoms with van der Waals surface area (Å²) in [5, 5.41) is 2.58. The molecule has 0 aromatic heterocycles. The Morgan fingerprint density at radius 2 is 1.92 bits per heavy atom. The van der Waals surface area contributed by atoms with Crippen molar-refractivity contribution < 1.29 is 26.4 Å².